The Morgan fingerprint density at radius 3 is 2.77 bits per heavy atom. The maximum atomic E-state index is 9.23. The van der Waals surface area contributed by atoms with Gasteiger partial charge in [-0.1, -0.05) is 19.3 Å². The third-order valence-electron chi connectivity index (χ3n) is 7.08. The summed E-state index contributed by atoms with van der Waals surface area (Å²) in [7, 11) is 0. The number of aliphatic hydroxyl groups is 1. The zero-order valence-electron chi connectivity index (χ0n) is 18.4. The van der Waals surface area contributed by atoms with Gasteiger partial charge in [0.1, 0.15) is 5.60 Å². The number of piperidine rings is 1. The fraction of sp³-hybridized carbons (Fsp3) is 0.652. The average molecular weight is 427 g/mol. The molecule has 0 unspecified atom stereocenters. The van der Waals surface area contributed by atoms with E-state index in [0.29, 0.717) is 6.04 Å². The summed E-state index contributed by atoms with van der Waals surface area (Å²) in [5.74, 6) is 0. The van der Waals surface area contributed by atoms with E-state index in [1.165, 1.54) is 19.3 Å². The molecule has 2 aliphatic heterocycles. The molecule has 8 heteroatoms. The van der Waals surface area contributed by atoms with Crippen molar-refractivity contribution in [3.05, 3.63) is 24.0 Å². The zero-order chi connectivity index (χ0) is 21.3. The molecule has 2 aromatic heterocycles. The first-order valence-electron chi connectivity index (χ1n) is 11.8. The first-order chi connectivity index (χ1) is 15.2. The molecule has 1 spiro atoms. The van der Waals surface area contributed by atoms with Gasteiger partial charge in [-0.25, -0.2) is 9.67 Å². The van der Waals surface area contributed by atoms with Crippen molar-refractivity contribution in [1.29, 1.82) is 0 Å². The molecular formula is C23H34N6O2. The van der Waals surface area contributed by atoms with Crippen molar-refractivity contribution in [3.8, 4) is 0 Å². The molecule has 8 nitrogen and oxygen atoms in total. The van der Waals surface area contributed by atoms with E-state index < -0.39 is 0 Å². The lowest BCUT2D eigenvalue weighted by atomic mass is 9.84. The van der Waals surface area contributed by atoms with Gasteiger partial charge in [0.05, 0.1) is 29.6 Å². The summed E-state index contributed by atoms with van der Waals surface area (Å²) in [6, 6.07) is 0.385. The van der Waals surface area contributed by atoms with Crippen molar-refractivity contribution in [2.75, 3.05) is 31.6 Å². The third kappa shape index (κ3) is 4.04. The molecule has 3 aliphatic rings. The molecule has 2 fully saturated rings. The van der Waals surface area contributed by atoms with E-state index in [-0.39, 0.29) is 12.2 Å². The fourth-order valence-corrected chi connectivity index (χ4v) is 5.27. The summed E-state index contributed by atoms with van der Waals surface area (Å²) < 4.78 is 1.95. The molecule has 0 aromatic carbocycles. The number of rotatable bonds is 6. The van der Waals surface area contributed by atoms with Crippen LogP contribution in [-0.4, -0.2) is 62.7 Å². The van der Waals surface area contributed by atoms with Crippen LogP contribution >= 0.6 is 0 Å². The monoisotopic (exact) mass is 426 g/mol. The third-order valence-corrected chi connectivity index (χ3v) is 7.08. The van der Waals surface area contributed by atoms with Gasteiger partial charge in [-0.15, -0.1) is 0 Å². The molecule has 5 rings (SSSR count). The van der Waals surface area contributed by atoms with Crippen LogP contribution in [0.2, 0.25) is 0 Å². The molecule has 0 amide bonds. The van der Waals surface area contributed by atoms with Gasteiger partial charge < -0.3 is 15.3 Å². The van der Waals surface area contributed by atoms with Gasteiger partial charge in [0.2, 0.25) is 0 Å². The van der Waals surface area contributed by atoms with Crippen LogP contribution in [0.3, 0.4) is 0 Å². The highest BCUT2D eigenvalue weighted by Crippen LogP contribution is 2.40. The molecule has 3 N–H and O–H groups in total. The number of likely N-dealkylation sites (tertiary alicyclic amines) is 1. The molecule has 1 saturated heterocycles. The van der Waals surface area contributed by atoms with Crippen LogP contribution < -0.4 is 10.8 Å². The number of anilines is 1. The Kier molecular flexibility index (Phi) is 5.86. The molecule has 168 valence electrons. The van der Waals surface area contributed by atoms with Gasteiger partial charge in [0.25, 0.3) is 0 Å². The average Bonchev–Trinajstić information content (AvgIpc) is 3.40. The van der Waals surface area contributed by atoms with Gasteiger partial charge in [-0.3, -0.25) is 10.3 Å². The molecule has 1 aliphatic carbocycles. The Bertz CT molecular complexity index is 941. The topological polar surface area (TPSA) is 87.5 Å². The number of aromatic nitrogens is 3. The van der Waals surface area contributed by atoms with E-state index >= 15 is 0 Å². The number of nitrogens with zero attached hydrogens (tertiary/aromatic N) is 4. The SMILES string of the molecule is CCn1ncc2c(NC3CCN(CCO)CC3)c(C3=CC4(CCCCC4)ON3)cnc21. The van der Waals surface area contributed by atoms with Crippen molar-refractivity contribution in [1.82, 2.24) is 25.1 Å². The maximum absolute atomic E-state index is 9.23. The lowest BCUT2D eigenvalue weighted by Gasteiger charge is -2.33. The second-order valence-corrected chi connectivity index (χ2v) is 9.12. The van der Waals surface area contributed by atoms with Crippen molar-refractivity contribution in [2.45, 2.75) is 70.1 Å². The number of hydrogen-bond acceptors (Lipinski definition) is 7. The number of aliphatic hydroxyl groups excluding tert-OH is 1. The number of nitrogens with one attached hydrogen (secondary N) is 2. The van der Waals surface area contributed by atoms with Crippen molar-refractivity contribution in [3.63, 3.8) is 0 Å². The lowest BCUT2D eigenvalue weighted by molar-refractivity contribution is -0.0557. The van der Waals surface area contributed by atoms with Crippen LogP contribution in [0.5, 0.6) is 0 Å². The molecule has 1 saturated carbocycles. The molecule has 31 heavy (non-hydrogen) atoms. The van der Waals surface area contributed by atoms with E-state index in [1.54, 1.807) is 0 Å². The van der Waals surface area contributed by atoms with Crippen molar-refractivity contribution in [2.24, 2.45) is 0 Å². The Hall–Kier alpha value is -2.16. The summed E-state index contributed by atoms with van der Waals surface area (Å²) in [6.45, 7) is 5.88. The predicted molar refractivity (Wildman–Crippen MR) is 121 cm³/mol. The summed E-state index contributed by atoms with van der Waals surface area (Å²) in [4.78, 5) is 13.2. The molecule has 4 heterocycles. The quantitative estimate of drug-likeness (QED) is 0.655. The maximum Gasteiger partial charge on any atom is 0.159 e. The molecule has 2 aromatic rings. The van der Waals surface area contributed by atoms with Crippen LogP contribution in [0, 0.1) is 0 Å². The van der Waals surface area contributed by atoms with Gasteiger partial charge in [-0.05, 0) is 38.7 Å². The molecular weight excluding hydrogens is 392 g/mol. The fourth-order valence-electron chi connectivity index (χ4n) is 5.27. The smallest absolute Gasteiger partial charge is 0.159 e. The largest absolute Gasteiger partial charge is 0.395 e. The van der Waals surface area contributed by atoms with Crippen molar-refractivity contribution < 1.29 is 9.94 Å². The first kappa shape index (κ1) is 20.7. The van der Waals surface area contributed by atoms with Crippen molar-refractivity contribution >= 4 is 22.4 Å². The Balaban J connectivity index is 1.46. The van der Waals surface area contributed by atoms with Gasteiger partial charge >= 0.3 is 0 Å². The summed E-state index contributed by atoms with van der Waals surface area (Å²) in [6.07, 6.45) is 14.1. The summed E-state index contributed by atoms with van der Waals surface area (Å²) in [5.41, 5.74) is 7.15. The van der Waals surface area contributed by atoms with Crippen LogP contribution in [0.25, 0.3) is 16.7 Å². The highest BCUT2D eigenvalue weighted by Gasteiger charge is 2.37. The van der Waals surface area contributed by atoms with Crippen LogP contribution in [0.15, 0.2) is 18.5 Å². The number of pyridine rings is 1. The van der Waals surface area contributed by atoms with E-state index in [4.69, 9.17) is 9.82 Å². The summed E-state index contributed by atoms with van der Waals surface area (Å²) >= 11 is 0. The van der Waals surface area contributed by atoms with E-state index in [9.17, 15) is 5.11 Å². The lowest BCUT2D eigenvalue weighted by Crippen LogP contribution is -2.40. The van der Waals surface area contributed by atoms with E-state index in [0.717, 1.165) is 79.8 Å². The molecule has 0 atom stereocenters. The second kappa shape index (κ2) is 8.76. The predicted octanol–water partition coefficient (Wildman–Crippen LogP) is 2.90. The number of aryl methyl sites for hydroxylation is 1. The van der Waals surface area contributed by atoms with Gasteiger partial charge in [0.15, 0.2) is 5.65 Å². The minimum Gasteiger partial charge on any atom is -0.395 e. The van der Waals surface area contributed by atoms with E-state index in [1.807, 2.05) is 17.1 Å². The van der Waals surface area contributed by atoms with Crippen LogP contribution in [0.4, 0.5) is 5.69 Å². The minimum atomic E-state index is -0.178. The van der Waals surface area contributed by atoms with Crippen LogP contribution in [0.1, 0.15) is 57.4 Å². The number of hydrogen-bond donors (Lipinski definition) is 3. The highest BCUT2D eigenvalue weighted by molar-refractivity contribution is 5.95. The molecule has 0 radical (unpaired) electrons. The second-order valence-electron chi connectivity index (χ2n) is 9.12. The highest BCUT2D eigenvalue weighted by atomic mass is 16.7. The summed E-state index contributed by atoms with van der Waals surface area (Å²) in [5, 5.41) is 18.7. The number of β-amino-alcohol motifs (C(OH)–C–C–N with tert-alkyl or cyclic N) is 1. The Labute approximate surface area is 183 Å². The molecule has 0 bridgehead atoms. The minimum absolute atomic E-state index is 0.178. The Morgan fingerprint density at radius 2 is 2.03 bits per heavy atom. The van der Waals surface area contributed by atoms with E-state index in [2.05, 4.69) is 33.8 Å². The van der Waals surface area contributed by atoms with Gasteiger partial charge in [0, 0.05) is 44.0 Å². The van der Waals surface area contributed by atoms with Crippen LogP contribution in [-0.2, 0) is 11.4 Å². The first-order valence-corrected chi connectivity index (χ1v) is 11.8. The van der Waals surface area contributed by atoms with Gasteiger partial charge in [-0.2, -0.15) is 5.10 Å². The Morgan fingerprint density at radius 1 is 1.23 bits per heavy atom. The normalized spacial score (nSPS) is 22.1. The number of fused-ring (bicyclic) bond motifs is 1. The zero-order valence-corrected chi connectivity index (χ0v) is 18.4. The standard InChI is InChI=1S/C23H34N6O2/c1-2-29-22-19(16-25-29)21(26-17-6-10-28(11-7-17)12-13-30)18(15-24-22)20-14-23(31-27-20)8-4-3-5-9-23/h14-17,27,30H,2-13H2,1H3,(H,24,26). The number of hydroxylamine groups is 1.